The predicted molar refractivity (Wildman–Crippen MR) is 59.1 cm³/mol. The highest BCUT2D eigenvalue weighted by Gasteiger charge is 2.29. The lowest BCUT2D eigenvalue weighted by molar-refractivity contribution is 0.0697. The van der Waals surface area contributed by atoms with Crippen LogP contribution in [0.1, 0.15) is 34.8 Å². The molecule has 4 nitrogen and oxygen atoms in total. The van der Waals surface area contributed by atoms with E-state index in [0.29, 0.717) is 16.7 Å². The Labute approximate surface area is 96.5 Å². The molecule has 0 spiro atoms. The maximum absolute atomic E-state index is 10.8. The summed E-state index contributed by atoms with van der Waals surface area (Å²) in [6.07, 6.45) is 3.89. The van der Waals surface area contributed by atoms with Gasteiger partial charge in [0.15, 0.2) is 0 Å². The van der Waals surface area contributed by atoms with Gasteiger partial charge in [-0.05, 0) is 25.0 Å². The number of carboxylic acids is 1. The number of fused-ring (bicyclic) bond motifs is 1. The molecular weight excluding hydrogens is 228 g/mol. The highest BCUT2D eigenvalue weighted by Crippen LogP contribution is 2.42. The number of halogens is 1. The lowest BCUT2D eigenvalue weighted by Crippen LogP contribution is -1.97. The normalized spacial score (nSPS) is 15.6. The Bertz CT molecular complexity index is 587. The zero-order valence-corrected chi connectivity index (χ0v) is 9.11. The van der Waals surface area contributed by atoms with E-state index in [9.17, 15) is 4.79 Å². The third-order valence-electron chi connectivity index (χ3n) is 2.80. The number of carbonyl (C=O) groups is 1. The number of imidazole rings is 1. The molecule has 1 saturated carbocycles. The molecule has 1 fully saturated rings. The topological polar surface area (TPSA) is 54.6 Å². The van der Waals surface area contributed by atoms with Crippen molar-refractivity contribution in [2.45, 2.75) is 18.8 Å². The Morgan fingerprint density at radius 2 is 2.31 bits per heavy atom. The maximum Gasteiger partial charge on any atom is 0.335 e. The second-order valence-electron chi connectivity index (χ2n) is 4.01. The second-order valence-corrected chi connectivity index (χ2v) is 4.37. The first-order chi connectivity index (χ1) is 7.66. The number of aromatic nitrogens is 2. The first-order valence-corrected chi connectivity index (χ1v) is 5.45. The lowest BCUT2D eigenvalue weighted by Gasteiger charge is -1.96. The van der Waals surface area contributed by atoms with Gasteiger partial charge in [0.2, 0.25) is 0 Å². The summed E-state index contributed by atoms with van der Waals surface area (Å²) in [4.78, 5) is 15.2. The van der Waals surface area contributed by atoms with E-state index in [-0.39, 0.29) is 5.56 Å². The van der Waals surface area contributed by atoms with Gasteiger partial charge in [0, 0.05) is 12.1 Å². The SMILES string of the molecule is O=C(O)c1ccn2c(Cl)c(C3CC3)nc2c1. The van der Waals surface area contributed by atoms with Crippen molar-refractivity contribution < 1.29 is 9.90 Å². The highest BCUT2D eigenvalue weighted by atomic mass is 35.5. The predicted octanol–water partition coefficient (Wildman–Crippen LogP) is 2.56. The minimum Gasteiger partial charge on any atom is -0.478 e. The van der Waals surface area contributed by atoms with Crippen molar-refractivity contribution in [1.29, 1.82) is 0 Å². The molecule has 2 heterocycles. The van der Waals surface area contributed by atoms with Crippen molar-refractivity contribution in [3.8, 4) is 0 Å². The number of nitrogens with zero attached hydrogens (tertiary/aromatic N) is 2. The standard InChI is InChI=1S/C11H9ClN2O2/c12-10-9(6-1-2-6)13-8-5-7(11(15)16)3-4-14(8)10/h3-6H,1-2H2,(H,15,16). The van der Waals surface area contributed by atoms with Crippen LogP contribution in [0.4, 0.5) is 0 Å². The van der Waals surface area contributed by atoms with E-state index in [0.717, 1.165) is 18.5 Å². The van der Waals surface area contributed by atoms with Crippen molar-refractivity contribution >= 4 is 23.2 Å². The van der Waals surface area contributed by atoms with Crippen molar-refractivity contribution in [3.05, 3.63) is 34.7 Å². The molecule has 16 heavy (non-hydrogen) atoms. The van der Waals surface area contributed by atoms with Crippen LogP contribution in [0.2, 0.25) is 5.15 Å². The van der Waals surface area contributed by atoms with Crippen LogP contribution in [-0.4, -0.2) is 20.5 Å². The number of pyridine rings is 1. The van der Waals surface area contributed by atoms with Crippen molar-refractivity contribution in [1.82, 2.24) is 9.38 Å². The molecule has 5 heteroatoms. The third-order valence-corrected chi connectivity index (χ3v) is 3.18. The zero-order chi connectivity index (χ0) is 11.3. The summed E-state index contributed by atoms with van der Waals surface area (Å²) in [6.45, 7) is 0. The fourth-order valence-electron chi connectivity index (χ4n) is 1.78. The van der Waals surface area contributed by atoms with Crippen LogP contribution in [0.3, 0.4) is 0 Å². The van der Waals surface area contributed by atoms with E-state index in [1.807, 2.05) is 0 Å². The van der Waals surface area contributed by atoms with Crippen LogP contribution in [0, 0.1) is 0 Å². The number of carboxylic acid groups (broad SMARTS) is 1. The number of hydrogen-bond donors (Lipinski definition) is 1. The molecule has 3 rings (SSSR count). The summed E-state index contributed by atoms with van der Waals surface area (Å²) in [5.74, 6) is -0.490. The van der Waals surface area contributed by atoms with Gasteiger partial charge in [0.25, 0.3) is 0 Å². The van der Waals surface area contributed by atoms with Crippen LogP contribution in [-0.2, 0) is 0 Å². The van der Waals surface area contributed by atoms with Gasteiger partial charge in [-0.25, -0.2) is 9.78 Å². The summed E-state index contributed by atoms with van der Waals surface area (Å²) in [7, 11) is 0. The Morgan fingerprint density at radius 3 is 2.94 bits per heavy atom. The quantitative estimate of drug-likeness (QED) is 0.872. The van der Waals surface area contributed by atoms with E-state index < -0.39 is 5.97 Å². The van der Waals surface area contributed by atoms with E-state index in [1.165, 1.54) is 6.07 Å². The Hall–Kier alpha value is -1.55. The first-order valence-electron chi connectivity index (χ1n) is 5.07. The van der Waals surface area contributed by atoms with Gasteiger partial charge in [-0.3, -0.25) is 4.40 Å². The van der Waals surface area contributed by atoms with Gasteiger partial charge in [-0.15, -0.1) is 0 Å². The fraction of sp³-hybridized carbons (Fsp3) is 0.273. The first kappa shape index (κ1) is 9.66. The summed E-state index contributed by atoms with van der Waals surface area (Å²) in [6, 6.07) is 3.07. The molecule has 1 N–H and O–H groups in total. The zero-order valence-electron chi connectivity index (χ0n) is 8.35. The Morgan fingerprint density at radius 1 is 1.56 bits per heavy atom. The molecule has 0 aliphatic heterocycles. The number of aromatic carboxylic acids is 1. The van der Waals surface area contributed by atoms with Crippen molar-refractivity contribution in [3.63, 3.8) is 0 Å². The molecule has 0 unspecified atom stereocenters. The third kappa shape index (κ3) is 1.38. The van der Waals surface area contributed by atoms with Gasteiger partial charge in [-0.2, -0.15) is 0 Å². The molecule has 0 bridgehead atoms. The van der Waals surface area contributed by atoms with Crippen LogP contribution in [0.5, 0.6) is 0 Å². The number of rotatable bonds is 2. The van der Waals surface area contributed by atoms with Crippen molar-refractivity contribution in [2.75, 3.05) is 0 Å². The number of hydrogen-bond acceptors (Lipinski definition) is 2. The Balaban J connectivity index is 2.20. The minimum absolute atomic E-state index is 0.233. The summed E-state index contributed by atoms with van der Waals surface area (Å²) >= 11 is 6.18. The van der Waals surface area contributed by atoms with E-state index in [2.05, 4.69) is 4.98 Å². The maximum atomic E-state index is 10.8. The van der Waals surface area contributed by atoms with Crippen LogP contribution < -0.4 is 0 Å². The van der Waals surface area contributed by atoms with Crippen LogP contribution >= 0.6 is 11.6 Å². The van der Waals surface area contributed by atoms with Gasteiger partial charge in [-0.1, -0.05) is 11.6 Å². The lowest BCUT2D eigenvalue weighted by atomic mass is 10.3. The molecule has 82 valence electrons. The summed E-state index contributed by atoms with van der Waals surface area (Å²) in [5, 5.41) is 9.48. The largest absolute Gasteiger partial charge is 0.478 e. The fourth-order valence-corrected chi connectivity index (χ4v) is 2.12. The van der Waals surface area contributed by atoms with E-state index >= 15 is 0 Å². The van der Waals surface area contributed by atoms with Crippen molar-refractivity contribution in [2.24, 2.45) is 0 Å². The van der Waals surface area contributed by atoms with Gasteiger partial charge in [0.05, 0.1) is 11.3 Å². The van der Waals surface area contributed by atoms with E-state index in [4.69, 9.17) is 16.7 Å². The average molecular weight is 237 g/mol. The Kier molecular flexibility index (Phi) is 1.94. The molecule has 1 aliphatic rings. The van der Waals surface area contributed by atoms with Gasteiger partial charge < -0.3 is 5.11 Å². The van der Waals surface area contributed by atoms with Crippen LogP contribution in [0.15, 0.2) is 18.3 Å². The molecule has 2 aromatic heterocycles. The molecule has 0 radical (unpaired) electrons. The molecular formula is C11H9ClN2O2. The molecule has 1 aliphatic carbocycles. The summed E-state index contributed by atoms with van der Waals surface area (Å²) < 4.78 is 1.72. The highest BCUT2D eigenvalue weighted by molar-refractivity contribution is 6.30. The van der Waals surface area contributed by atoms with Gasteiger partial charge in [0.1, 0.15) is 10.8 Å². The van der Waals surface area contributed by atoms with Gasteiger partial charge >= 0.3 is 5.97 Å². The molecule has 0 atom stereocenters. The average Bonchev–Trinajstić information content (AvgIpc) is 3.04. The molecule has 0 saturated heterocycles. The monoisotopic (exact) mass is 236 g/mol. The minimum atomic E-state index is -0.949. The molecule has 2 aromatic rings. The smallest absolute Gasteiger partial charge is 0.335 e. The summed E-state index contributed by atoms with van der Waals surface area (Å²) in [5.41, 5.74) is 1.73. The van der Waals surface area contributed by atoms with Crippen LogP contribution in [0.25, 0.3) is 5.65 Å². The van der Waals surface area contributed by atoms with E-state index in [1.54, 1.807) is 16.7 Å². The second kappa shape index (κ2) is 3.22. The molecule has 0 aromatic carbocycles. The molecule has 0 amide bonds.